The van der Waals surface area contributed by atoms with Gasteiger partial charge in [-0.05, 0) is 78.5 Å². The summed E-state index contributed by atoms with van der Waals surface area (Å²) in [4.78, 5) is 11.2. The lowest BCUT2D eigenvalue weighted by molar-refractivity contribution is 0.412. The average molecular weight is 407 g/mol. The summed E-state index contributed by atoms with van der Waals surface area (Å²) in [5, 5.41) is 4.55. The largest absolute Gasteiger partial charge is 0.355 e. The van der Waals surface area contributed by atoms with Crippen molar-refractivity contribution in [1.29, 1.82) is 0 Å². The summed E-state index contributed by atoms with van der Waals surface area (Å²) in [5.41, 5.74) is 7.87. The van der Waals surface area contributed by atoms with E-state index in [2.05, 4.69) is 71.3 Å². The highest BCUT2D eigenvalue weighted by Crippen LogP contribution is 2.35. The molecule has 4 aromatic rings. The Morgan fingerprint density at radius 1 is 1.00 bits per heavy atom. The second-order valence-corrected chi connectivity index (χ2v) is 8.31. The highest BCUT2D eigenvalue weighted by molar-refractivity contribution is 5.88. The van der Waals surface area contributed by atoms with Gasteiger partial charge < -0.3 is 10.2 Å². The first kappa shape index (κ1) is 19.5. The molecule has 0 spiro atoms. The topological polar surface area (TPSA) is 41.1 Å². The summed E-state index contributed by atoms with van der Waals surface area (Å²) in [6.45, 7) is 6.43. The molecule has 1 fully saturated rings. The van der Waals surface area contributed by atoms with Crippen LogP contribution >= 0.6 is 0 Å². The van der Waals surface area contributed by atoms with E-state index in [9.17, 15) is 0 Å². The monoisotopic (exact) mass is 406 g/mol. The number of nitrogens with zero attached hydrogens (tertiary/aromatic N) is 3. The first-order valence-corrected chi connectivity index (χ1v) is 10.7. The molecule has 1 aliphatic rings. The Bertz CT molecular complexity index is 1220. The van der Waals surface area contributed by atoms with Crippen molar-refractivity contribution in [3.05, 3.63) is 97.0 Å². The van der Waals surface area contributed by atoms with Crippen molar-refractivity contribution in [2.45, 2.75) is 12.3 Å². The lowest BCUT2D eigenvalue weighted by Gasteiger charge is -2.16. The number of hydrogen-bond acceptors (Lipinski definition) is 4. The van der Waals surface area contributed by atoms with Crippen molar-refractivity contribution in [2.24, 2.45) is 0 Å². The zero-order valence-corrected chi connectivity index (χ0v) is 17.8. The molecule has 0 amide bonds. The van der Waals surface area contributed by atoms with Crippen LogP contribution in [0.3, 0.4) is 0 Å². The minimum Gasteiger partial charge on any atom is -0.355 e. The quantitative estimate of drug-likeness (QED) is 0.455. The molecule has 1 N–H and O–H groups in total. The number of hydrogen-bond donors (Lipinski definition) is 1. The van der Waals surface area contributed by atoms with Gasteiger partial charge in [-0.1, -0.05) is 36.9 Å². The first-order chi connectivity index (χ1) is 15.2. The lowest BCUT2D eigenvalue weighted by atomic mass is 9.91. The van der Waals surface area contributed by atoms with Gasteiger partial charge in [-0.2, -0.15) is 0 Å². The zero-order valence-electron chi connectivity index (χ0n) is 17.8. The summed E-state index contributed by atoms with van der Waals surface area (Å²) in [7, 11) is 2.20. The third-order valence-electron chi connectivity index (χ3n) is 6.11. The van der Waals surface area contributed by atoms with Gasteiger partial charge in [-0.15, -0.1) is 0 Å². The van der Waals surface area contributed by atoms with Crippen LogP contribution in [0.2, 0.25) is 0 Å². The van der Waals surface area contributed by atoms with Gasteiger partial charge in [0.05, 0.1) is 5.52 Å². The van der Waals surface area contributed by atoms with Gasteiger partial charge in [0.15, 0.2) is 0 Å². The molecule has 2 aromatic carbocycles. The molecule has 2 aromatic heterocycles. The maximum atomic E-state index is 4.72. The van der Waals surface area contributed by atoms with E-state index in [1.165, 1.54) is 28.5 Å². The van der Waals surface area contributed by atoms with Crippen molar-refractivity contribution in [1.82, 2.24) is 14.9 Å². The van der Waals surface area contributed by atoms with Crippen molar-refractivity contribution in [3.8, 4) is 11.1 Å². The summed E-state index contributed by atoms with van der Waals surface area (Å²) < 4.78 is 0. The molecule has 0 saturated carbocycles. The molecule has 3 heterocycles. The van der Waals surface area contributed by atoms with Crippen molar-refractivity contribution < 1.29 is 0 Å². The number of anilines is 1. The number of aromatic nitrogens is 2. The van der Waals surface area contributed by atoms with E-state index in [1.807, 2.05) is 24.4 Å². The predicted molar refractivity (Wildman–Crippen MR) is 129 cm³/mol. The molecule has 0 bridgehead atoms. The maximum Gasteiger partial charge on any atom is 0.0737 e. The molecule has 1 unspecified atom stereocenters. The fourth-order valence-electron chi connectivity index (χ4n) is 4.43. The minimum atomic E-state index is 0.533. The van der Waals surface area contributed by atoms with Crippen LogP contribution in [0, 0.1) is 0 Å². The van der Waals surface area contributed by atoms with Crippen LogP contribution in [0.25, 0.3) is 27.7 Å². The number of rotatable bonds is 5. The van der Waals surface area contributed by atoms with Crippen LogP contribution in [-0.2, 0) is 0 Å². The van der Waals surface area contributed by atoms with E-state index in [1.54, 1.807) is 12.4 Å². The van der Waals surface area contributed by atoms with E-state index in [0.717, 1.165) is 35.6 Å². The molecule has 5 rings (SSSR count). The third-order valence-corrected chi connectivity index (χ3v) is 6.11. The van der Waals surface area contributed by atoms with E-state index in [-0.39, 0.29) is 0 Å². The standard InChI is InChI=1S/C27H26N4/c1-19(30-25-9-13-28-14-10-25)20-5-7-21(8-6-20)24-16-22-4-3-12-29-27(22)26(17-24)23-11-15-31(2)18-23/h3-10,12-14,16-17,23H,1,11,15,18H2,2H3,(H,28,30). The smallest absolute Gasteiger partial charge is 0.0737 e. The van der Waals surface area contributed by atoms with Crippen LogP contribution in [0.4, 0.5) is 5.69 Å². The van der Waals surface area contributed by atoms with Crippen molar-refractivity contribution in [2.75, 3.05) is 25.5 Å². The highest BCUT2D eigenvalue weighted by atomic mass is 15.1. The Morgan fingerprint density at radius 2 is 1.81 bits per heavy atom. The number of nitrogens with one attached hydrogen (secondary N) is 1. The molecule has 1 atom stereocenters. The minimum absolute atomic E-state index is 0.533. The van der Waals surface area contributed by atoms with Gasteiger partial charge >= 0.3 is 0 Å². The number of likely N-dealkylation sites (N-methyl/N-ethyl adjacent to an activating group) is 1. The van der Waals surface area contributed by atoms with Crippen LogP contribution in [-0.4, -0.2) is 35.0 Å². The van der Waals surface area contributed by atoms with Crippen LogP contribution in [0.15, 0.2) is 85.8 Å². The Labute approximate surface area is 183 Å². The van der Waals surface area contributed by atoms with Gasteiger partial charge in [-0.3, -0.25) is 9.97 Å². The number of pyridine rings is 2. The zero-order chi connectivity index (χ0) is 21.2. The van der Waals surface area contributed by atoms with E-state index >= 15 is 0 Å². The lowest BCUT2D eigenvalue weighted by Crippen LogP contribution is -2.13. The predicted octanol–water partition coefficient (Wildman–Crippen LogP) is 5.80. The van der Waals surface area contributed by atoms with Crippen molar-refractivity contribution in [3.63, 3.8) is 0 Å². The average Bonchev–Trinajstić information content (AvgIpc) is 3.25. The van der Waals surface area contributed by atoms with Gasteiger partial charge in [0, 0.05) is 41.9 Å². The molecule has 154 valence electrons. The summed E-state index contributed by atoms with van der Waals surface area (Å²) >= 11 is 0. The Kier molecular flexibility index (Phi) is 5.23. The van der Waals surface area contributed by atoms with Crippen LogP contribution in [0.1, 0.15) is 23.5 Å². The van der Waals surface area contributed by atoms with E-state index in [4.69, 9.17) is 4.98 Å². The Balaban J connectivity index is 1.46. The molecular formula is C27H26N4. The second kappa shape index (κ2) is 8.32. The molecule has 0 radical (unpaired) electrons. The molecule has 0 aliphatic carbocycles. The van der Waals surface area contributed by atoms with E-state index in [0.29, 0.717) is 5.92 Å². The molecule has 31 heavy (non-hydrogen) atoms. The summed E-state index contributed by atoms with van der Waals surface area (Å²) in [6, 6.07) is 21.3. The fourth-order valence-corrected chi connectivity index (χ4v) is 4.43. The van der Waals surface area contributed by atoms with Crippen LogP contribution < -0.4 is 5.32 Å². The molecule has 1 aliphatic heterocycles. The second-order valence-electron chi connectivity index (χ2n) is 8.31. The van der Waals surface area contributed by atoms with Gasteiger partial charge in [0.2, 0.25) is 0 Å². The Hall–Kier alpha value is -3.50. The molecule has 1 saturated heterocycles. The summed E-state index contributed by atoms with van der Waals surface area (Å²) in [5.74, 6) is 0.533. The summed E-state index contributed by atoms with van der Waals surface area (Å²) in [6.07, 6.45) is 6.63. The van der Waals surface area contributed by atoms with E-state index < -0.39 is 0 Å². The molecule has 4 heteroatoms. The number of benzene rings is 2. The Morgan fingerprint density at radius 3 is 2.55 bits per heavy atom. The SMILES string of the molecule is C=C(Nc1ccncc1)c1ccc(-c2cc(C3CCN(C)C3)c3ncccc3c2)cc1. The van der Waals surface area contributed by atoms with Gasteiger partial charge in [0.1, 0.15) is 0 Å². The van der Waals surface area contributed by atoms with Gasteiger partial charge in [0.25, 0.3) is 0 Å². The fraction of sp³-hybridized carbons (Fsp3) is 0.185. The molecule has 4 nitrogen and oxygen atoms in total. The van der Waals surface area contributed by atoms with Crippen LogP contribution in [0.5, 0.6) is 0 Å². The third kappa shape index (κ3) is 4.07. The number of likely N-dealkylation sites (tertiary alicyclic amines) is 1. The molecular weight excluding hydrogens is 380 g/mol. The highest BCUT2D eigenvalue weighted by Gasteiger charge is 2.24. The first-order valence-electron chi connectivity index (χ1n) is 10.7. The van der Waals surface area contributed by atoms with Crippen molar-refractivity contribution >= 4 is 22.3 Å². The normalized spacial score (nSPS) is 16.5. The number of fused-ring (bicyclic) bond motifs is 1. The maximum absolute atomic E-state index is 4.72. The van der Waals surface area contributed by atoms with Gasteiger partial charge in [-0.25, -0.2) is 0 Å².